The van der Waals surface area contributed by atoms with Crippen molar-refractivity contribution in [1.29, 1.82) is 0 Å². The third-order valence-corrected chi connectivity index (χ3v) is 3.53. The first-order valence-corrected chi connectivity index (χ1v) is 7.46. The van der Waals surface area contributed by atoms with Crippen LogP contribution in [-0.2, 0) is 9.53 Å². The Morgan fingerprint density at radius 2 is 2.17 bits per heavy atom. The molecule has 2 rings (SSSR count). The summed E-state index contributed by atoms with van der Waals surface area (Å²) in [5, 5.41) is 10.5. The van der Waals surface area contributed by atoms with Crippen molar-refractivity contribution >= 4 is 17.9 Å². The van der Waals surface area contributed by atoms with Gasteiger partial charge in [0.15, 0.2) is 11.6 Å². The van der Waals surface area contributed by atoms with Gasteiger partial charge in [0.05, 0.1) is 19.8 Å². The number of aliphatic hydroxyl groups is 1. The second kappa shape index (κ2) is 7.26. The monoisotopic (exact) mass is 321 g/mol. The van der Waals surface area contributed by atoms with Crippen molar-refractivity contribution in [2.45, 2.75) is 32.7 Å². The van der Waals surface area contributed by atoms with E-state index in [-0.39, 0.29) is 29.7 Å². The van der Waals surface area contributed by atoms with E-state index in [1.165, 1.54) is 25.5 Å². The SMILES string of the molecule is CCOC(=O)/C(C=NC1CC1)=C(\O)c1ccc(F)c(OC)c1C. The van der Waals surface area contributed by atoms with Gasteiger partial charge in [-0.3, -0.25) is 4.99 Å². The maximum atomic E-state index is 13.7. The number of benzene rings is 1. The van der Waals surface area contributed by atoms with Gasteiger partial charge in [0.25, 0.3) is 0 Å². The Labute approximate surface area is 134 Å². The topological polar surface area (TPSA) is 68.1 Å². The highest BCUT2D eigenvalue weighted by molar-refractivity contribution is 6.15. The van der Waals surface area contributed by atoms with Gasteiger partial charge in [-0.15, -0.1) is 0 Å². The average Bonchev–Trinajstić information content (AvgIpc) is 3.32. The molecular formula is C17H20FNO4. The molecular weight excluding hydrogens is 301 g/mol. The lowest BCUT2D eigenvalue weighted by molar-refractivity contribution is -0.137. The van der Waals surface area contributed by atoms with Gasteiger partial charge in [0.2, 0.25) is 0 Å². The number of rotatable bonds is 6. The first-order chi connectivity index (χ1) is 11.0. The molecule has 1 aliphatic carbocycles. The van der Waals surface area contributed by atoms with Gasteiger partial charge in [-0.25, -0.2) is 9.18 Å². The molecule has 0 amide bonds. The number of aliphatic hydroxyl groups excluding tert-OH is 1. The zero-order valence-electron chi connectivity index (χ0n) is 13.4. The molecule has 0 bridgehead atoms. The molecule has 1 saturated carbocycles. The molecule has 0 radical (unpaired) electrons. The van der Waals surface area contributed by atoms with Crippen LogP contribution < -0.4 is 4.74 Å². The molecule has 1 aromatic rings. The first-order valence-electron chi connectivity index (χ1n) is 7.46. The van der Waals surface area contributed by atoms with E-state index in [1.807, 2.05) is 0 Å². The molecule has 0 atom stereocenters. The Hall–Kier alpha value is -2.37. The third kappa shape index (κ3) is 3.88. The van der Waals surface area contributed by atoms with Crippen LogP contribution in [0.5, 0.6) is 5.75 Å². The van der Waals surface area contributed by atoms with Gasteiger partial charge in [-0.2, -0.15) is 0 Å². The predicted molar refractivity (Wildman–Crippen MR) is 85.4 cm³/mol. The van der Waals surface area contributed by atoms with Gasteiger partial charge in [0.1, 0.15) is 11.3 Å². The number of carbonyl (C=O) groups excluding carboxylic acids is 1. The van der Waals surface area contributed by atoms with Crippen LogP contribution in [0.4, 0.5) is 4.39 Å². The fourth-order valence-electron chi connectivity index (χ4n) is 2.13. The van der Waals surface area contributed by atoms with Crippen LogP contribution in [0.1, 0.15) is 30.9 Å². The number of halogens is 1. The normalized spacial score (nSPS) is 15.5. The lowest BCUT2D eigenvalue weighted by Crippen LogP contribution is -2.12. The summed E-state index contributed by atoms with van der Waals surface area (Å²) in [6.45, 7) is 3.46. The van der Waals surface area contributed by atoms with Gasteiger partial charge < -0.3 is 14.6 Å². The molecule has 0 spiro atoms. The first kappa shape index (κ1) is 17.0. The molecule has 0 aliphatic heterocycles. The van der Waals surface area contributed by atoms with Crippen molar-refractivity contribution in [2.75, 3.05) is 13.7 Å². The second-order valence-corrected chi connectivity index (χ2v) is 5.25. The predicted octanol–water partition coefficient (Wildman–Crippen LogP) is 3.21. The molecule has 23 heavy (non-hydrogen) atoms. The maximum Gasteiger partial charge on any atom is 0.343 e. The number of esters is 1. The second-order valence-electron chi connectivity index (χ2n) is 5.25. The van der Waals surface area contributed by atoms with Crippen LogP contribution in [0.2, 0.25) is 0 Å². The summed E-state index contributed by atoms with van der Waals surface area (Å²) in [4.78, 5) is 16.3. The Balaban J connectivity index is 2.50. The molecule has 0 heterocycles. The van der Waals surface area contributed by atoms with E-state index in [0.29, 0.717) is 11.1 Å². The van der Waals surface area contributed by atoms with E-state index in [9.17, 15) is 14.3 Å². The molecule has 1 fully saturated rings. The number of aliphatic imine (C=N–C) groups is 1. The number of nitrogens with zero attached hydrogens (tertiary/aromatic N) is 1. The largest absolute Gasteiger partial charge is 0.506 e. The highest BCUT2D eigenvalue weighted by atomic mass is 19.1. The van der Waals surface area contributed by atoms with Gasteiger partial charge in [0, 0.05) is 17.3 Å². The van der Waals surface area contributed by atoms with E-state index in [4.69, 9.17) is 9.47 Å². The van der Waals surface area contributed by atoms with Crippen molar-refractivity contribution in [3.05, 3.63) is 34.6 Å². The minimum absolute atomic E-state index is 0.0244. The summed E-state index contributed by atoms with van der Waals surface area (Å²) in [6, 6.07) is 2.77. The molecule has 1 N–H and O–H groups in total. The number of methoxy groups -OCH3 is 1. The summed E-state index contributed by atoms with van der Waals surface area (Å²) >= 11 is 0. The van der Waals surface area contributed by atoms with Crippen LogP contribution in [0.15, 0.2) is 22.7 Å². The van der Waals surface area contributed by atoms with Crippen molar-refractivity contribution in [3.63, 3.8) is 0 Å². The van der Waals surface area contributed by atoms with Crippen LogP contribution in [-0.4, -0.2) is 37.0 Å². The van der Waals surface area contributed by atoms with Crippen molar-refractivity contribution in [3.8, 4) is 5.75 Å². The van der Waals surface area contributed by atoms with Gasteiger partial charge >= 0.3 is 5.97 Å². The summed E-state index contributed by atoms with van der Waals surface area (Å²) < 4.78 is 23.7. The van der Waals surface area contributed by atoms with E-state index >= 15 is 0 Å². The molecule has 6 heteroatoms. The Morgan fingerprint density at radius 1 is 1.48 bits per heavy atom. The van der Waals surface area contributed by atoms with E-state index in [2.05, 4.69) is 4.99 Å². The fraction of sp³-hybridized carbons (Fsp3) is 0.412. The number of hydrogen-bond donors (Lipinski definition) is 1. The molecule has 5 nitrogen and oxygen atoms in total. The van der Waals surface area contributed by atoms with Crippen molar-refractivity contribution < 1.29 is 23.8 Å². The Kier molecular flexibility index (Phi) is 5.36. The summed E-state index contributed by atoms with van der Waals surface area (Å²) in [7, 11) is 1.34. The number of ether oxygens (including phenoxy) is 2. The van der Waals surface area contributed by atoms with E-state index < -0.39 is 11.8 Å². The van der Waals surface area contributed by atoms with Gasteiger partial charge in [-0.05, 0) is 38.8 Å². The zero-order chi connectivity index (χ0) is 17.0. The highest BCUT2D eigenvalue weighted by Gasteiger charge is 2.23. The minimum Gasteiger partial charge on any atom is -0.506 e. The molecule has 0 saturated heterocycles. The van der Waals surface area contributed by atoms with Crippen molar-refractivity contribution in [1.82, 2.24) is 0 Å². The Morgan fingerprint density at radius 3 is 2.74 bits per heavy atom. The minimum atomic E-state index is -0.669. The summed E-state index contributed by atoms with van der Waals surface area (Å²) in [5.74, 6) is -1.48. The summed E-state index contributed by atoms with van der Waals surface area (Å²) in [5.41, 5.74) is 0.649. The molecule has 0 unspecified atom stereocenters. The zero-order valence-corrected chi connectivity index (χ0v) is 13.4. The Bertz CT molecular complexity index is 663. The van der Waals surface area contributed by atoms with E-state index in [1.54, 1.807) is 13.8 Å². The molecule has 1 aromatic carbocycles. The maximum absolute atomic E-state index is 13.7. The summed E-state index contributed by atoms with van der Waals surface area (Å²) in [6.07, 6.45) is 3.27. The van der Waals surface area contributed by atoms with E-state index in [0.717, 1.165) is 12.8 Å². The third-order valence-electron chi connectivity index (χ3n) is 3.53. The lowest BCUT2D eigenvalue weighted by atomic mass is 10.0. The van der Waals surface area contributed by atoms with Crippen LogP contribution >= 0.6 is 0 Å². The quantitative estimate of drug-likeness (QED) is 0.378. The standard InChI is InChI=1S/C17H20FNO4/c1-4-23-17(21)13(9-19-11-5-6-11)15(20)12-7-8-14(18)16(22-3)10(12)2/h7-9,11,20H,4-6H2,1-3H3/b15-13-,19-9?. The smallest absolute Gasteiger partial charge is 0.343 e. The molecule has 0 aromatic heterocycles. The fourth-order valence-corrected chi connectivity index (χ4v) is 2.13. The molecule has 124 valence electrons. The number of carbonyl (C=O) groups is 1. The van der Waals surface area contributed by atoms with Crippen LogP contribution in [0.3, 0.4) is 0 Å². The van der Waals surface area contributed by atoms with Crippen LogP contribution in [0, 0.1) is 12.7 Å². The van der Waals surface area contributed by atoms with Gasteiger partial charge in [-0.1, -0.05) is 0 Å². The van der Waals surface area contributed by atoms with Crippen LogP contribution in [0.25, 0.3) is 5.76 Å². The number of hydrogen-bond acceptors (Lipinski definition) is 5. The average molecular weight is 321 g/mol. The lowest BCUT2D eigenvalue weighted by Gasteiger charge is -2.12. The highest BCUT2D eigenvalue weighted by Crippen LogP contribution is 2.30. The molecule has 1 aliphatic rings. The van der Waals surface area contributed by atoms with Crippen molar-refractivity contribution in [2.24, 2.45) is 4.99 Å².